The highest BCUT2D eigenvalue weighted by Gasteiger charge is 2.76. The monoisotopic (exact) mass is 546 g/mol. The van der Waals surface area contributed by atoms with Gasteiger partial charge in [-0.1, -0.05) is 0 Å². The average Bonchev–Trinajstić information content (AvgIpc) is 2.59. The van der Waals surface area contributed by atoms with E-state index < -0.39 is 81.8 Å². The molecule has 1 aliphatic rings. The Hall–Kier alpha value is -1.93. The Morgan fingerprint density at radius 1 is 0.594 bits per heavy atom. The third-order valence-corrected chi connectivity index (χ3v) is 7.90. The highest BCUT2D eigenvalue weighted by Crippen LogP contribution is 2.53. The summed E-state index contributed by atoms with van der Waals surface area (Å²) in [7, 11) is -17.3. The quantitative estimate of drug-likeness (QED) is 0.467. The highest BCUT2D eigenvalue weighted by atomic mass is 32.3. The summed E-state index contributed by atoms with van der Waals surface area (Å²) < 4.78 is 237. The van der Waals surface area contributed by atoms with E-state index >= 15 is 0 Å². The zero-order chi connectivity index (χ0) is 26.0. The number of allylic oxidation sites excluding steroid dienone is 5. The fourth-order valence-electron chi connectivity index (χ4n) is 1.83. The Bertz CT molecular complexity index is 1060. The van der Waals surface area contributed by atoms with Crippen molar-refractivity contribution in [3.8, 4) is 0 Å². The Labute approximate surface area is 165 Å². The summed E-state index contributed by atoms with van der Waals surface area (Å²) in [5, 5.41) is -15.4. The van der Waals surface area contributed by atoms with E-state index in [0.29, 0.717) is 0 Å². The molecule has 0 spiro atoms. The Morgan fingerprint density at radius 3 is 1.19 bits per heavy atom. The van der Waals surface area contributed by atoms with Crippen molar-refractivity contribution in [2.45, 2.75) is 29.0 Å². The van der Waals surface area contributed by atoms with Crippen LogP contribution in [0.2, 0.25) is 0 Å². The van der Waals surface area contributed by atoms with Gasteiger partial charge in [-0.2, -0.15) is 43.9 Å². The SMILES string of the molecule is O=S(=O)(C(=C1C(F)=C(F)C(F)=C(F)C1F)S(=O)(=O)C(F)(F)C(F)(F)F)C(F)(F)C(F)(F)F. The van der Waals surface area contributed by atoms with Crippen molar-refractivity contribution in [3.63, 3.8) is 0 Å². The van der Waals surface area contributed by atoms with Gasteiger partial charge in [0.1, 0.15) is 0 Å². The molecule has 1 unspecified atom stereocenters. The maximum Gasteiger partial charge on any atom is 0.469 e. The predicted molar refractivity (Wildman–Crippen MR) is 70.2 cm³/mol. The number of hydrogen-bond acceptors (Lipinski definition) is 4. The van der Waals surface area contributed by atoms with Crippen LogP contribution in [0.1, 0.15) is 0 Å². The van der Waals surface area contributed by atoms with Crippen molar-refractivity contribution in [2.75, 3.05) is 0 Å². The fourth-order valence-corrected chi connectivity index (χ4v) is 5.66. The molecule has 1 rings (SSSR count). The van der Waals surface area contributed by atoms with Crippen LogP contribution in [-0.2, 0) is 19.7 Å². The number of sulfone groups is 2. The Morgan fingerprint density at radius 2 is 0.906 bits per heavy atom. The van der Waals surface area contributed by atoms with Crippen molar-refractivity contribution in [2.24, 2.45) is 0 Å². The van der Waals surface area contributed by atoms with E-state index in [0.717, 1.165) is 0 Å². The number of alkyl halides is 11. The molecule has 4 nitrogen and oxygen atoms in total. The molecule has 0 bridgehead atoms. The summed E-state index contributed by atoms with van der Waals surface area (Å²) in [4.78, 5) is 0. The Balaban J connectivity index is 4.44. The van der Waals surface area contributed by atoms with Gasteiger partial charge >= 0.3 is 22.9 Å². The maximum absolute atomic E-state index is 13.8. The number of rotatable bonds is 4. The van der Waals surface area contributed by atoms with Gasteiger partial charge in [-0.3, -0.25) is 0 Å². The van der Waals surface area contributed by atoms with Crippen LogP contribution in [0, 0.1) is 0 Å². The first-order valence-electron chi connectivity index (χ1n) is 6.67. The second-order valence-corrected chi connectivity index (χ2v) is 9.50. The van der Waals surface area contributed by atoms with E-state index in [9.17, 15) is 82.7 Å². The molecule has 0 aromatic carbocycles. The van der Waals surface area contributed by atoms with E-state index in [1.165, 1.54) is 0 Å². The lowest BCUT2D eigenvalue weighted by Crippen LogP contribution is -2.51. The average molecular weight is 546 g/mol. The zero-order valence-corrected chi connectivity index (χ0v) is 15.3. The van der Waals surface area contributed by atoms with Gasteiger partial charge in [0.05, 0.1) is 5.57 Å². The van der Waals surface area contributed by atoms with Gasteiger partial charge in [-0.25, -0.2) is 38.8 Å². The normalized spacial score (nSPS) is 20.2. The first-order valence-corrected chi connectivity index (χ1v) is 9.64. The van der Waals surface area contributed by atoms with E-state index in [-0.39, 0.29) is 0 Å². The number of hydrogen-bond donors (Lipinski definition) is 0. The van der Waals surface area contributed by atoms with Crippen molar-refractivity contribution < 1.29 is 82.7 Å². The molecule has 0 saturated heterocycles. The summed E-state index contributed by atoms with van der Waals surface area (Å²) in [6, 6.07) is 0. The minimum atomic E-state index is -8.63. The van der Waals surface area contributed by atoms with Gasteiger partial charge in [-0.15, -0.1) is 0 Å². The van der Waals surface area contributed by atoms with Crippen LogP contribution < -0.4 is 0 Å². The lowest BCUT2D eigenvalue weighted by atomic mass is 10.0. The summed E-state index contributed by atoms with van der Waals surface area (Å²) in [5.41, 5.74) is -3.85. The van der Waals surface area contributed by atoms with Gasteiger partial charge in [-0.05, 0) is 0 Å². The molecule has 0 amide bonds. The molecule has 0 saturated carbocycles. The molecule has 21 heteroatoms. The topological polar surface area (TPSA) is 68.3 Å². The molecule has 1 atom stereocenters. The van der Waals surface area contributed by atoms with E-state index in [1.807, 2.05) is 0 Å². The molecule has 1 aliphatic carbocycles. The van der Waals surface area contributed by atoms with Gasteiger partial charge in [0.2, 0.25) is 0 Å². The molecule has 0 N–H and O–H groups in total. The van der Waals surface area contributed by atoms with Crippen LogP contribution in [-0.4, -0.2) is 45.9 Å². The minimum Gasteiger partial charge on any atom is -0.234 e. The third kappa shape index (κ3) is 3.75. The molecule has 0 fully saturated rings. The van der Waals surface area contributed by atoms with Crippen LogP contribution in [0.3, 0.4) is 0 Å². The molecular formula is C11HF15O4S2. The van der Waals surface area contributed by atoms with E-state index in [4.69, 9.17) is 0 Å². The second-order valence-electron chi connectivity index (χ2n) is 5.39. The molecular weight excluding hydrogens is 545 g/mol. The van der Waals surface area contributed by atoms with E-state index in [1.54, 1.807) is 0 Å². The van der Waals surface area contributed by atoms with Crippen molar-refractivity contribution >= 4 is 19.7 Å². The van der Waals surface area contributed by atoms with Gasteiger partial charge in [0.25, 0.3) is 19.7 Å². The molecule has 0 heterocycles. The van der Waals surface area contributed by atoms with Crippen molar-refractivity contribution in [1.82, 2.24) is 0 Å². The summed E-state index contributed by atoms with van der Waals surface area (Å²) in [6.07, 6.45) is -20.0. The zero-order valence-electron chi connectivity index (χ0n) is 13.7. The largest absolute Gasteiger partial charge is 0.469 e. The van der Waals surface area contributed by atoms with Crippen LogP contribution in [0.25, 0.3) is 0 Å². The first-order chi connectivity index (χ1) is 13.8. The van der Waals surface area contributed by atoms with Crippen LogP contribution in [0.15, 0.2) is 33.1 Å². The van der Waals surface area contributed by atoms with Crippen LogP contribution in [0.4, 0.5) is 65.9 Å². The standard InChI is InChI=1S/C11HF15O4S2/c12-2-1(3(13)5(15)6(16)4(2)14)7(31(27,28)10(23,24)8(17,18)19)32(29,30)11(25,26)9(20,21)22/h2H. The van der Waals surface area contributed by atoms with Gasteiger partial charge in [0, 0.05) is 0 Å². The first kappa shape index (κ1) is 28.1. The van der Waals surface area contributed by atoms with Crippen LogP contribution in [0.5, 0.6) is 0 Å². The predicted octanol–water partition coefficient (Wildman–Crippen LogP) is 4.99. The third-order valence-electron chi connectivity index (χ3n) is 3.35. The molecule has 0 aromatic heterocycles. The summed E-state index contributed by atoms with van der Waals surface area (Å²) in [6.45, 7) is 0. The lowest BCUT2D eigenvalue weighted by Gasteiger charge is -2.27. The molecule has 0 aromatic rings. The van der Waals surface area contributed by atoms with Crippen LogP contribution >= 0.6 is 0 Å². The number of halogens is 15. The maximum atomic E-state index is 13.8. The Kier molecular flexibility index (Phi) is 6.63. The molecule has 0 aliphatic heterocycles. The smallest absolute Gasteiger partial charge is 0.234 e. The minimum absolute atomic E-state index is 3.31. The second kappa shape index (κ2) is 7.55. The molecule has 32 heavy (non-hydrogen) atoms. The molecule has 0 radical (unpaired) electrons. The van der Waals surface area contributed by atoms with E-state index in [2.05, 4.69) is 0 Å². The summed E-state index contributed by atoms with van der Waals surface area (Å²) >= 11 is 0. The molecule has 186 valence electrons. The van der Waals surface area contributed by atoms with Crippen molar-refractivity contribution in [1.29, 1.82) is 0 Å². The van der Waals surface area contributed by atoms with Gasteiger partial charge in [0.15, 0.2) is 33.7 Å². The highest BCUT2D eigenvalue weighted by molar-refractivity contribution is 8.15. The van der Waals surface area contributed by atoms with Gasteiger partial charge < -0.3 is 0 Å². The summed E-state index contributed by atoms with van der Waals surface area (Å²) in [5.74, 6) is -14.2. The van der Waals surface area contributed by atoms with Crippen molar-refractivity contribution in [3.05, 3.63) is 33.1 Å². The fraction of sp³-hybridized carbons (Fsp3) is 0.455. The lowest BCUT2D eigenvalue weighted by molar-refractivity contribution is -0.241.